The number of rotatable bonds is 4. The van der Waals surface area contributed by atoms with E-state index in [9.17, 15) is 0 Å². The summed E-state index contributed by atoms with van der Waals surface area (Å²) < 4.78 is 0. The Bertz CT molecular complexity index is 556. The zero-order chi connectivity index (χ0) is 13.9. The van der Waals surface area contributed by atoms with E-state index in [0.29, 0.717) is 0 Å². The Balaban J connectivity index is 1.83. The maximum atomic E-state index is 5.73. The molecule has 0 saturated heterocycles. The monoisotopic (exact) mass is 267 g/mol. The summed E-state index contributed by atoms with van der Waals surface area (Å²) in [4.78, 5) is 4.35. The van der Waals surface area contributed by atoms with Crippen LogP contribution in [-0.4, -0.2) is 4.98 Å². The number of nitrogens with two attached hydrogens (primary N) is 1. The van der Waals surface area contributed by atoms with Crippen LogP contribution in [0.2, 0.25) is 0 Å². The lowest BCUT2D eigenvalue weighted by molar-refractivity contribution is 0.419. The normalized spacial score (nSPS) is 16.7. The summed E-state index contributed by atoms with van der Waals surface area (Å²) in [5, 5.41) is 0. The quantitative estimate of drug-likeness (QED) is 0.660. The Morgan fingerprint density at radius 3 is 2.30 bits per heavy atom. The first kappa shape index (κ1) is 13.3. The Hall–Kier alpha value is -1.71. The second-order valence-electron chi connectivity index (χ2n) is 5.63. The van der Waals surface area contributed by atoms with Crippen LogP contribution in [0.15, 0.2) is 42.6 Å². The first-order chi connectivity index (χ1) is 9.78. The number of aryl methyl sites for hydroxylation is 1. The molecule has 0 aliphatic heterocycles. The van der Waals surface area contributed by atoms with Gasteiger partial charge in [-0.1, -0.05) is 36.8 Å². The van der Waals surface area contributed by atoms with Crippen LogP contribution in [0.3, 0.4) is 0 Å². The number of aromatic nitrogens is 1. The van der Waals surface area contributed by atoms with Crippen molar-refractivity contribution in [2.24, 2.45) is 5.84 Å². The molecule has 0 radical (unpaired) electrons. The van der Waals surface area contributed by atoms with Crippen LogP contribution in [0.4, 0.5) is 0 Å². The molecule has 1 aliphatic carbocycles. The molecule has 0 amide bonds. The van der Waals surface area contributed by atoms with E-state index in [4.69, 9.17) is 5.84 Å². The van der Waals surface area contributed by atoms with Crippen LogP contribution >= 0.6 is 0 Å². The molecule has 3 heteroatoms. The van der Waals surface area contributed by atoms with Gasteiger partial charge in [-0.05, 0) is 48.4 Å². The lowest BCUT2D eigenvalue weighted by atomic mass is 9.79. The van der Waals surface area contributed by atoms with Crippen molar-refractivity contribution in [2.75, 3.05) is 0 Å². The van der Waals surface area contributed by atoms with Crippen LogP contribution in [-0.2, 0) is 0 Å². The van der Waals surface area contributed by atoms with Gasteiger partial charge in [0.25, 0.3) is 0 Å². The highest BCUT2D eigenvalue weighted by molar-refractivity contribution is 5.34. The second kappa shape index (κ2) is 5.73. The Morgan fingerprint density at radius 1 is 1.10 bits per heavy atom. The molecule has 1 saturated carbocycles. The minimum atomic E-state index is -0.00135. The van der Waals surface area contributed by atoms with Crippen molar-refractivity contribution >= 4 is 0 Å². The molecule has 0 bridgehead atoms. The number of hydrogen-bond donors (Lipinski definition) is 2. The van der Waals surface area contributed by atoms with Gasteiger partial charge in [0, 0.05) is 11.9 Å². The average molecular weight is 267 g/mol. The number of pyridine rings is 1. The summed E-state index contributed by atoms with van der Waals surface area (Å²) >= 11 is 0. The van der Waals surface area contributed by atoms with Gasteiger partial charge < -0.3 is 0 Å². The maximum absolute atomic E-state index is 5.73. The van der Waals surface area contributed by atoms with Crippen molar-refractivity contribution in [3.05, 3.63) is 65.0 Å². The molecule has 0 spiro atoms. The second-order valence-corrected chi connectivity index (χ2v) is 5.63. The Kier molecular flexibility index (Phi) is 3.81. The third kappa shape index (κ3) is 2.60. The fraction of sp³-hybridized carbons (Fsp3) is 0.353. The van der Waals surface area contributed by atoms with Gasteiger partial charge in [0.05, 0.1) is 6.04 Å². The third-order valence-corrected chi connectivity index (χ3v) is 4.28. The topological polar surface area (TPSA) is 50.9 Å². The number of nitrogens with zero attached hydrogens (tertiary/aromatic N) is 1. The van der Waals surface area contributed by atoms with Gasteiger partial charge in [-0.25, -0.2) is 5.43 Å². The van der Waals surface area contributed by atoms with Crippen molar-refractivity contribution < 1.29 is 0 Å². The van der Waals surface area contributed by atoms with E-state index in [1.165, 1.54) is 30.4 Å². The molecule has 20 heavy (non-hydrogen) atoms. The van der Waals surface area contributed by atoms with Gasteiger partial charge in [-0.15, -0.1) is 0 Å². The molecule has 1 fully saturated rings. The van der Waals surface area contributed by atoms with Gasteiger partial charge >= 0.3 is 0 Å². The predicted octanol–water partition coefficient (Wildman–Crippen LogP) is 3.21. The van der Waals surface area contributed by atoms with Gasteiger partial charge in [-0.2, -0.15) is 0 Å². The van der Waals surface area contributed by atoms with E-state index in [2.05, 4.69) is 40.7 Å². The summed E-state index contributed by atoms with van der Waals surface area (Å²) in [7, 11) is 0. The smallest absolute Gasteiger partial charge is 0.0725 e. The summed E-state index contributed by atoms with van der Waals surface area (Å²) in [5.41, 5.74) is 7.64. The summed E-state index contributed by atoms with van der Waals surface area (Å²) in [5.74, 6) is 6.50. The number of benzene rings is 1. The number of hydrazine groups is 1. The predicted molar refractivity (Wildman–Crippen MR) is 81.2 cm³/mol. The summed E-state index contributed by atoms with van der Waals surface area (Å²) in [6.45, 7) is 1.99. The molecule has 1 atom stereocenters. The fourth-order valence-corrected chi connectivity index (χ4v) is 2.74. The van der Waals surface area contributed by atoms with Crippen molar-refractivity contribution in [2.45, 2.75) is 38.1 Å². The first-order valence-corrected chi connectivity index (χ1v) is 7.26. The zero-order valence-electron chi connectivity index (χ0n) is 11.8. The van der Waals surface area contributed by atoms with E-state index in [1.54, 1.807) is 0 Å². The zero-order valence-corrected chi connectivity index (χ0v) is 11.8. The molecule has 1 aromatic carbocycles. The van der Waals surface area contributed by atoms with Gasteiger partial charge in [-0.3, -0.25) is 10.8 Å². The molecule has 1 unspecified atom stereocenters. The first-order valence-electron chi connectivity index (χ1n) is 7.26. The van der Waals surface area contributed by atoms with E-state index >= 15 is 0 Å². The van der Waals surface area contributed by atoms with E-state index in [1.807, 2.05) is 19.2 Å². The highest BCUT2D eigenvalue weighted by Gasteiger charge is 2.20. The molecule has 2 aromatic rings. The number of hydrogen-bond acceptors (Lipinski definition) is 3. The molecule has 3 rings (SSSR count). The van der Waals surface area contributed by atoms with Crippen LogP contribution < -0.4 is 11.3 Å². The molecule has 104 valence electrons. The maximum Gasteiger partial charge on any atom is 0.0725 e. The van der Waals surface area contributed by atoms with Gasteiger partial charge in [0.2, 0.25) is 0 Å². The molecular weight excluding hydrogens is 246 g/mol. The SMILES string of the molecule is Cc1ccc(C(NN)c2ccc(C3CCC3)cc2)cn1. The van der Waals surface area contributed by atoms with Crippen molar-refractivity contribution in [1.82, 2.24) is 10.4 Å². The molecular formula is C17H21N3. The molecule has 1 aliphatic rings. The number of nitrogens with one attached hydrogen (secondary N) is 1. The molecule has 1 heterocycles. The summed E-state index contributed by atoms with van der Waals surface area (Å²) in [6, 6.07) is 12.9. The van der Waals surface area contributed by atoms with Crippen LogP contribution in [0.1, 0.15) is 53.6 Å². The average Bonchev–Trinajstić information content (AvgIpc) is 2.42. The Morgan fingerprint density at radius 2 is 1.80 bits per heavy atom. The van der Waals surface area contributed by atoms with E-state index in [0.717, 1.165) is 17.2 Å². The standard InChI is InChI=1S/C17H21N3/c1-12-5-6-16(11-19-12)17(20-18)15-9-7-14(8-10-15)13-3-2-4-13/h5-11,13,17,20H,2-4,18H2,1H3. The minimum Gasteiger partial charge on any atom is -0.271 e. The third-order valence-electron chi connectivity index (χ3n) is 4.28. The molecule has 1 aromatic heterocycles. The highest BCUT2D eigenvalue weighted by atomic mass is 15.2. The van der Waals surface area contributed by atoms with E-state index < -0.39 is 0 Å². The van der Waals surface area contributed by atoms with Crippen molar-refractivity contribution in [3.8, 4) is 0 Å². The Labute approximate surface area is 120 Å². The van der Waals surface area contributed by atoms with Crippen LogP contribution in [0.25, 0.3) is 0 Å². The van der Waals surface area contributed by atoms with Crippen LogP contribution in [0.5, 0.6) is 0 Å². The lowest BCUT2D eigenvalue weighted by Crippen LogP contribution is -2.29. The van der Waals surface area contributed by atoms with Crippen molar-refractivity contribution in [3.63, 3.8) is 0 Å². The van der Waals surface area contributed by atoms with Gasteiger partial charge in [0.1, 0.15) is 0 Å². The lowest BCUT2D eigenvalue weighted by Gasteiger charge is -2.26. The fourth-order valence-electron chi connectivity index (χ4n) is 2.74. The highest BCUT2D eigenvalue weighted by Crippen LogP contribution is 2.36. The van der Waals surface area contributed by atoms with Crippen LogP contribution in [0, 0.1) is 6.92 Å². The van der Waals surface area contributed by atoms with Crippen molar-refractivity contribution in [1.29, 1.82) is 0 Å². The van der Waals surface area contributed by atoms with Gasteiger partial charge in [0.15, 0.2) is 0 Å². The van der Waals surface area contributed by atoms with E-state index in [-0.39, 0.29) is 6.04 Å². The largest absolute Gasteiger partial charge is 0.271 e. The molecule has 3 nitrogen and oxygen atoms in total. The molecule has 3 N–H and O–H groups in total. The summed E-state index contributed by atoms with van der Waals surface area (Å²) in [6.07, 6.45) is 5.92. The minimum absolute atomic E-state index is 0.00135.